The fourth-order valence-electron chi connectivity index (χ4n) is 3.74. The fraction of sp³-hybridized carbons (Fsp3) is 0.450. The van der Waals surface area contributed by atoms with Gasteiger partial charge in [-0.15, -0.1) is 0 Å². The van der Waals surface area contributed by atoms with Crippen LogP contribution < -0.4 is 0 Å². The van der Waals surface area contributed by atoms with Crippen LogP contribution in [0.15, 0.2) is 30.4 Å². The van der Waals surface area contributed by atoms with E-state index in [-0.39, 0.29) is 29.7 Å². The number of aromatic amines is 1. The van der Waals surface area contributed by atoms with Gasteiger partial charge in [0, 0.05) is 56.4 Å². The van der Waals surface area contributed by atoms with Gasteiger partial charge in [0.2, 0.25) is 5.91 Å². The third-order valence-electron chi connectivity index (χ3n) is 4.87. The molecule has 2 heterocycles. The lowest BCUT2D eigenvalue weighted by molar-refractivity contribution is -0.134. The molecule has 2 aliphatic rings. The van der Waals surface area contributed by atoms with Gasteiger partial charge in [-0.2, -0.15) is 0 Å². The van der Waals surface area contributed by atoms with Crippen LogP contribution >= 0.6 is 0 Å². The number of carbonyl (C=O) groups excluding carboxylic acids is 1. The van der Waals surface area contributed by atoms with Crippen molar-refractivity contribution in [3.63, 3.8) is 0 Å². The van der Waals surface area contributed by atoms with Crippen molar-refractivity contribution >= 4 is 22.4 Å². The Morgan fingerprint density at radius 1 is 1.50 bits per heavy atom. The molecule has 4 heteroatoms. The lowest BCUT2D eigenvalue weighted by atomic mass is 9.79. The molecule has 4 nitrogen and oxygen atoms in total. The number of amides is 1. The van der Waals surface area contributed by atoms with Gasteiger partial charge < -0.3 is 9.88 Å². The molecule has 1 aromatic heterocycles. The van der Waals surface area contributed by atoms with Gasteiger partial charge in [-0.1, -0.05) is 18.2 Å². The van der Waals surface area contributed by atoms with Gasteiger partial charge in [-0.25, -0.2) is 0 Å². The number of rotatable bonds is 3. The number of hydrogen-bond acceptors (Lipinski definition) is 2. The Hall–Kier alpha value is -2.07. The van der Waals surface area contributed by atoms with Gasteiger partial charge in [0.15, 0.2) is 0 Å². The van der Waals surface area contributed by atoms with E-state index in [1.807, 2.05) is 0 Å². The van der Waals surface area contributed by atoms with Crippen LogP contribution in [0.5, 0.6) is 0 Å². The zero-order valence-electron chi connectivity index (χ0n) is 25.1. The number of likely N-dealkylation sites (N-methyl/N-ethyl adjacent to an activating group) is 1. The van der Waals surface area contributed by atoms with Gasteiger partial charge >= 0.3 is 0 Å². The normalized spacial score (nSPS) is 32.6. The number of carbonyl (C=O) groups is 1. The van der Waals surface area contributed by atoms with E-state index in [4.69, 9.17) is 16.4 Å². The summed E-state index contributed by atoms with van der Waals surface area (Å²) in [6, 6.07) is 3.01. The molecule has 0 radical (unpaired) electrons. The molecule has 1 N–H and O–H groups in total. The number of hydrogen-bond donors (Lipinski definition) is 1. The van der Waals surface area contributed by atoms with Crippen LogP contribution in [-0.4, -0.2) is 53.3 Å². The van der Waals surface area contributed by atoms with Gasteiger partial charge in [0.1, 0.15) is 0 Å². The highest BCUT2D eigenvalue weighted by atomic mass is 16.2. The zero-order chi connectivity index (χ0) is 27.2. The van der Waals surface area contributed by atoms with E-state index in [9.17, 15) is 4.79 Å². The van der Waals surface area contributed by atoms with Crippen molar-refractivity contribution in [1.82, 2.24) is 14.8 Å². The quantitative estimate of drug-likeness (QED) is 0.937. The third-order valence-corrected chi connectivity index (χ3v) is 4.87. The fourth-order valence-corrected chi connectivity index (χ4v) is 3.74. The topological polar surface area (TPSA) is 39.3 Å². The summed E-state index contributed by atoms with van der Waals surface area (Å²) in [7, 11) is 1.68. The summed E-state index contributed by atoms with van der Waals surface area (Å²) >= 11 is 0. The van der Waals surface area contributed by atoms with E-state index in [0.717, 1.165) is 5.56 Å². The molecule has 0 spiro atoms. The highest BCUT2D eigenvalue weighted by Gasteiger charge is 2.36. The summed E-state index contributed by atoms with van der Waals surface area (Å²) in [6.07, 6.45) is 2.12. The van der Waals surface area contributed by atoms with Crippen LogP contribution in [0.1, 0.15) is 41.3 Å². The first-order chi connectivity index (χ1) is 16.3. The maximum absolute atomic E-state index is 13.7. The number of H-pyrrole nitrogens is 1. The first-order valence-corrected chi connectivity index (χ1v) is 7.67. The summed E-state index contributed by atoms with van der Waals surface area (Å²) in [5.74, 6) is -2.58. The number of nitrogens with one attached hydrogen (secondary N) is 1. The van der Waals surface area contributed by atoms with Crippen LogP contribution in [-0.2, 0) is 11.2 Å². The molecule has 1 aromatic carbocycles. The molecule has 2 atom stereocenters. The maximum atomic E-state index is 13.7. The molecule has 1 aliphatic heterocycles. The van der Waals surface area contributed by atoms with E-state index < -0.39 is 38.5 Å². The Kier molecular flexibility index (Phi) is 1.70. The van der Waals surface area contributed by atoms with E-state index >= 15 is 0 Å². The first-order valence-electron chi connectivity index (χ1n) is 13.7. The Morgan fingerprint density at radius 2 is 2.33 bits per heavy atom. The minimum atomic E-state index is -3.62. The Balaban J connectivity index is 1.88. The molecule has 0 saturated carbocycles. The van der Waals surface area contributed by atoms with Crippen LogP contribution in [0.25, 0.3) is 16.5 Å². The van der Waals surface area contributed by atoms with E-state index in [0.29, 0.717) is 28.5 Å². The molecule has 0 fully saturated rings. The second-order valence-corrected chi connectivity index (χ2v) is 6.17. The summed E-state index contributed by atoms with van der Waals surface area (Å²) in [5, 5.41) is 0.715. The predicted molar refractivity (Wildman–Crippen MR) is 97.8 cm³/mol. The Labute approximate surface area is 160 Å². The minimum absolute atomic E-state index is 0.0611. The largest absolute Gasteiger partial charge is 0.361 e. The summed E-state index contributed by atoms with van der Waals surface area (Å²) in [4.78, 5) is 18.1. The average molecular weight is 336 g/mol. The molecule has 24 heavy (non-hydrogen) atoms. The number of aromatic nitrogens is 1. The lowest BCUT2D eigenvalue weighted by Gasteiger charge is -2.40. The van der Waals surface area contributed by atoms with Crippen molar-refractivity contribution in [2.45, 2.75) is 26.2 Å². The SMILES string of the molecule is [2H]c1cc2c3c(c([2H])[nH]c3c1)C[C@@H]1C2=C[C@@H](C(=O)N(C([2H])([2H])C([2H])([2H])[2H])C([2H])([2H])C([2H])([2H])[2H])CN1C. The standard InChI is InChI=1S/C20H25N3O/c1-4-23(5-2)20(24)14-9-16-15-7-6-8-17-19(15)13(11-21-17)10-18(16)22(3)12-14/h6-9,11,14,18,21H,4-5,10,12H2,1-3H3/t14-,18-/m1/s1/i1D3,2D3,4D2,5D2,6D,11D. The van der Waals surface area contributed by atoms with Crippen LogP contribution in [0.4, 0.5) is 0 Å². The summed E-state index contributed by atoms with van der Waals surface area (Å²) in [6.45, 7) is -14.4. The molecule has 0 saturated heterocycles. The van der Waals surface area contributed by atoms with Crippen molar-refractivity contribution in [3.05, 3.63) is 41.6 Å². The molecular weight excluding hydrogens is 298 g/mol. The monoisotopic (exact) mass is 335 g/mol. The second kappa shape index (κ2) is 5.78. The highest BCUT2D eigenvalue weighted by molar-refractivity contribution is 5.99. The zero-order valence-corrected chi connectivity index (χ0v) is 13.1. The van der Waals surface area contributed by atoms with E-state index in [1.165, 1.54) is 6.08 Å². The molecule has 1 aliphatic carbocycles. The molecule has 126 valence electrons. The van der Waals surface area contributed by atoms with Gasteiger partial charge in [0.05, 0.1) is 8.66 Å². The van der Waals surface area contributed by atoms with Crippen LogP contribution in [0.3, 0.4) is 0 Å². The van der Waals surface area contributed by atoms with Crippen molar-refractivity contribution in [2.24, 2.45) is 5.92 Å². The average Bonchev–Trinajstić information content (AvgIpc) is 3.02. The second-order valence-electron chi connectivity index (χ2n) is 6.17. The van der Waals surface area contributed by atoms with E-state index in [1.54, 1.807) is 24.1 Å². The Morgan fingerprint density at radius 3 is 3.12 bits per heavy atom. The smallest absolute Gasteiger partial charge is 0.230 e. The van der Waals surface area contributed by atoms with Crippen LogP contribution in [0, 0.1) is 5.92 Å². The summed E-state index contributed by atoms with van der Waals surface area (Å²) in [5.41, 5.74) is 2.51. The highest BCUT2D eigenvalue weighted by Crippen LogP contribution is 2.40. The molecule has 1 amide bonds. The first kappa shape index (κ1) is 7.04. The Bertz CT molecular complexity index is 1230. The van der Waals surface area contributed by atoms with Gasteiger partial charge in [-0.05, 0) is 49.9 Å². The van der Waals surface area contributed by atoms with Crippen molar-refractivity contribution < 1.29 is 21.2 Å². The third kappa shape index (κ3) is 2.20. The predicted octanol–water partition coefficient (Wildman–Crippen LogP) is 2.91. The lowest BCUT2D eigenvalue weighted by Crippen LogP contribution is -2.47. The molecular formula is C20H25N3O. The minimum Gasteiger partial charge on any atom is -0.361 e. The van der Waals surface area contributed by atoms with Crippen molar-refractivity contribution in [3.8, 4) is 0 Å². The van der Waals surface area contributed by atoms with E-state index in [2.05, 4.69) is 4.98 Å². The molecule has 0 unspecified atom stereocenters. The van der Waals surface area contributed by atoms with Gasteiger partial charge in [-0.3, -0.25) is 9.69 Å². The van der Waals surface area contributed by atoms with Crippen molar-refractivity contribution in [1.29, 1.82) is 0 Å². The van der Waals surface area contributed by atoms with Gasteiger partial charge in [0.25, 0.3) is 0 Å². The molecule has 0 bridgehead atoms. The van der Waals surface area contributed by atoms with Crippen LogP contribution in [0.2, 0.25) is 0 Å². The number of fused-ring (bicyclic) bond motifs is 2. The maximum Gasteiger partial charge on any atom is 0.230 e. The number of nitrogens with zero attached hydrogens (tertiary/aromatic N) is 2. The molecule has 2 aromatic rings. The molecule has 4 rings (SSSR count). The number of benzene rings is 1. The summed E-state index contributed by atoms with van der Waals surface area (Å²) < 4.78 is 94.3. The van der Waals surface area contributed by atoms with Crippen molar-refractivity contribution in [2.75, 3.05) is 26.6 Å².